The topological polar surface area (TPSA) is 26.3 Å². The largest absolute Gasteiger partial charge is 0.423 e. The lowest BCUT2D eigenvalue weighted by Crippen LogP contribution is -2.74. The molecule has 0 aliphatic rings. The first-order valence-electron chi connectivity index (χ1n) is 9.86. The summed E-state index contributed by atoms with van der Waals surface area (Å²) in [6.45, 7) is 3.50. The standard InChI is InChI=1S/C27H22O2Si/c1-2-27(28)29-22-13-12-20-26(21-22)30(23-14-6-3-7-15-23,24-16-8-4-9-17-24)25-18-10-5-11-19-25/h2-21H,1H2. The van der Waals surface area contributed by atoms with E-state index in [1.807, 2.05) is 36.4 Å². The Labute approximate surface area is 178 Å². The number of benzene rings is 4. The van der Waals surface area contributed by atoms with E-state index in [0.29, 0.717) is 5.75 Å². The van der Waals surface area contributed by atoms with Gasteiger partial charge in [-0.25, -0.2) is 4.79 Å². The summed E-state index contributed by atoms with van der Waals surface area (Å²) in [6.07, 6.45) is 1.18. The molecule has 2 nitrogen and oxygen atoms in total. The number of ether oxygens (including phenoxy) is 1. The number of esters is 1. The van der Waals surface area contributed by atoms with Gasteiger partial charge in [-0.2, -0.15) is 0 Å². The third-order valence-electron chi connectivity index (χ3n) is 5.27. The SMILES string of the molecule is C=CC(=O)Oc1cccc([Si](c2ccccc2)(c2ccccc2)c2ccccc2)c1. The first-order chi connectivity index (χ1) is 14.7. The summed E-state index contributed by atoms with van der Waals surface area (Å²) in [4.78, 5) is 11.8. The van der Waals surface area contributed by atoms with Crippen LogP contribution >= 0.6 is 0 Å². The maximum Gasteiger partial charge on any atom is 0.335 e. The van der Waals surface area contributed by atoms with Gasteiger partial charge in [-0.05, 0) is 32.9 Å². The van der Waals surface area contributed by atoms with Gasteiger partial charge < -0.3 is 4.74 Å². The molecule has 0 saturated carbocycles. The highest BCUT2D eigenvalue weighted by Gasteiger charge is 2.41. The number of hydrogen-bond donors (Lipinski definition) is 0. The molecule has 30 heavy (non-hydrogen) atoms. The molecular formula is C27H22O2Si. The molecule has 4 rings (SSSR count). The van der Waals surface area contributed by atoms with E-state index in [4.69, 9.17) is 4.74 Å². The zero-order chi connectivity index (χ0) is 20.8. The van der Waals surface area contributed by atoms with Crippen molar-refractivity contribution in [3.05, 3.63) is 128 Å². The summed E-state index contributed by atoms with van der Waals surface area (Å²) in [6, 6.07) is 39.8. The monoisotopic (exact) mass is 406 g/mol. The van der Waals surface area contributed by atoms with Gasteiger partial charge in [0.2, 0.25) is 0 Å². The summed E-state index contributed by atoms with van der Waals surface area (Å²) < 4.78 is 5.47. The minimum atomic E-state index is -2.61. The lowest BCUT2D eigenvalue weighted by molar-refractivity contribution is -0.128. The molecule has 0 bridgehead atoms. The van der Waals surface area contributed by atoms with E-state index in [1.165, 1.54) is 21.6 Å². The average molecular weight is 407 g/mol. The second-order valence-corrected chi connectivity index (χ2v) is 10.8. The number of carbonyl (C=O) groups is 1. The van der Waals surface area contributed by atoms with Crippen molar-refractivity contribution in [1.29, 1.82) is 0 Å². The van der Waals surface area contributed by atoms with Crippen LogP contribution in [0.15, 0.2) is 128 Å². The van der Waals surface area contributed by atoms with Crippen LogP contribution in [0.5, 0.6) is 5.75 Å². The molecule has 0 N–H and O–H groups in total. The Morgan fingerprint density at radius 3 is 1.50 bits per heavy atom. The normalized spacial score (nSPS) is 10.9. The molecule has 0 saturated heterocycles. The fourth-order valence-corrected chi connectivity index (χ4v) is 8.80. The molecular weight excluding hydrogens is 384 g/mol. The smallest absolute Gasteiger partial charge is 0.335 e. The van der Waals surface area contributed by atoms with Crippen molar-refractivity contribution in [2.24, 2.45) is 0 Å². The minimum absolute atomic E-state index is 0.460. The van der Waals surface area contributed by atoms with Crippen molar-refractivity contribution in [3.63, 3.8) is 0 Å². The maximum atomic E-state index is 11.8. The fraction of sp³-hybridized carbons (Fsp3) is 0. The molecule has 0 amide bonds. The van der Waals surface area contributed by atoms with Crippen molar-refractivity contribution in [2.45, 2.75) is 0 Å². The highest BCUT2D eigenvalue weighted by atomic mass is 28.3. The Bertz CT molecular complexity index is 1040. The molecule has 0 aliphatic carbocycles. The molecule has 4 aromatic carbocycles. The Kier molecular flexibility index (Phi) is 5.73. The minimum Gasteiger partial charge on any atom is -0.423 e. The lowest BCUT2D eigenvalue weighted by atomic mass is 10.3. The van der Waals surface area contributed by atoms with Crippen LogP contribution < -0.4 is 25.5 Å². The van der Waals surface area contributed by atoms with Crippen molar-refractivity contribution >= 4 is 34.8 Å². The zero-order valence-corrected chi connectivity index (χ0v) is 17.6. The Balaban J connectivity index is 2.05. The van der Waals surface area contributed by atoms with Crippen molar-refractivity contribution in [1.82, 2.24) is 0 Å². The summed E-state index contributed by atoms with van der Waals surface area (Å²) in [5.41, 5.74) is 0. The average Bonchev–Trinajstić information content (AvgIpc) is 2.82. The second kappa shape index (κ2) is 8.76. The van der Waals surface area contributed by atoms with E-state index in [0.717, 1.165) is 5.19 Å². The van der Waals surface area contributed by atoms with E-state index in [2.05, 4.69) is 85.4 Å². The van der Waals surface area contributed by atoms with Gasteiger partial charge in [0.25, 0.3) is 0 Å². The molecule has 4 aromatic rings. The lowest BCUT2D eigenvalue weighted by Gasteiger charge is -2.34. The van der Waals surface area contributed by atoms with Crippen LogP contribution in [0.3, 0.4) is 0 Å². The molecule has 146 valence electrons. The molecule has 0 unspecified atom stereocenters. The molecule has 0 radical (unpaired) electrons. The van der Waals surface area contributed by atoms with Crippen LogP contribution in [-0.4, -0.2) is 14.0 Å². The van der Waals surface area contributed by atoms with Crippen LogP contribution in [0.2, 0.25) is 0 Å². The predicted octanol–water partition coefficient (Wildman–Crippen LogP) is 3.16. The van der Waals surface area contributed by atoms with Crippen LogP contribution in [0.25, 0.3) is 0 Å². The summed E-state index contributed by atoms with van der Waals surface area (Å²) in [5.74, 6) is 0.0654. The van der Waals surface area contributed by atoms with Gasteiger partial charge in [0.1, 0.15) is 5.75 Å². The van der Waals surface area contributed by atoms with Gasteiger partial charge in [-0.1, -0.05) is 110 Å². The fourth-order valence-electron chi connectivity index (χ4n) is 4.02. The summed E-state index contributed by atoms with van der Waals surface area (Å²) >= 11 is 0. The second-order valence-electron chi connectivity index (χ2n) is 7.00. The summed E-state index contributed by atoms with van der Waals surface area (Å²) in [5, 5.41) is 4.97. The number of rotatable bonds is 6. The van der Waals surface area contributed by atoms with Crippen molar-refractivity contribution in [3.8, 4) is 5.75 Å². The Morgan fingerprint density at radius 2 is 1.07 bits per heavy atom. The van der Waals surface area contributed by atoms with Crippen LogP contribution in [0.1, 0.15) is 0 Å². The molecule has 0 fully saturated rings. The van der Waals surface area contributed by atoms with Crippen LogP contribution in [0, 0.1) is 0 Å². The van der Waals surface area contributed by atoms with Gasteiger partial charge >= 0.3 is 5.97 Å². The Morgan fingerprint density at radius 1 is 0.633 bits per heavy atom. The van der Waals surface area contributed by atoms with E-state index < -0.39 is 14.0 Å². The molecule has 0 atom stereocenters. The first-order valence-corrected chi connectivity index (χ1v) is 11.9. The third kappa shape index (κ3) is 3.63. The van der Waals surface area contributed by atoms with Gasteiger partial charge in [-0.15, -0.1) is 0 Å². The first kappa shape index (κ1) is 19.6. The van der Waals surface area contributed by atoms with Crippen molar-refractivity contribution < 1.29 is 9.53 Å². The van der Waals surface area contributed by atoms with Crippen LogP contribution in [-0.2, 0) is 4.79 Å². The molecule has 0 heterocycles. The molecule has 3 heteroatoms. The highest BCUT2D eigenvalue weighted by Crippen LogP contribution is 2.14. The quantitative estimate of drug-likeness (QED) is 0.162. The molecule has 0 aliphatic heterocycles. The highest BCUT2D eigenvalue weighted by molar-refractivity contribution is 7.19. The van der Waals surface area contributed by atoms with Crippen LogP contribution in [0.4, 0.5) is 0 Å². The maximum absolute atomic E-state index is 11.8. The predicted molar refractivity (Wildman–Crippen MR) is 126 cm³/mol. The number of hydrogen-bond acceptors (Lipinski definition) is 2. The zero-order valence-electron chi connectivity index (χ0n) is 16.6. The number of carbonyl (C=O) groups excluding carboxylic acids is 1. The summed E-state index contributed by atoms with van der Waals surface area (Å²) in [7, 11) is -2.61. The Hall–Kier alpha value is -3.69. The van der Waals surface area contributed by atoms with Gasteiger partial charge in [-0.3, -0.25) is 0 Å². The molecule has 0 spiro atoms. The van der Waals surface area contributed by atoms with Crippen molar-refractivity contribution in [2.75, 3.05) is 0 Å². The van der Waals surface area contributed by atoms with Gasteiger partial charge in [0.05, 0.1) is 0 Å². The van der Waals surface area contributed by atoms with E-state index >= 15 is 0 Å². The van der Waals surface area contributed by atoms with Gasteiger partial charge in [0.15, 0.2) is 8.07 Å². The van der Waals surface area contributed by atoms with E-state index in [1.54, 1.807) is 0 Å². The van der Waals surface area contributed by atoms with E-state index in [-0.39, 0.29) is 0 Å². The van der Waals surface area contributed by atoms with E-state index in [9.17, 15) is 4.79 Å². The van der Waals surface area contributed by atoms with Gasteiger partial charge in [0, 0.05) is 6.08 Å². The third-order valence-corrected chi connectivity index (χ3v) is 10.0. The molecule has 0 aromatic heterocycles.